The van der Waals surface area contributed by atoms with Crippen molar-refractivity contribution in [3.05, 3.63) is 75.8 Å². The van der Waals surface area contributed by atoms with Crippen molar-refractivity contribution in [3.8, 4) is 5.75 Å². The lowest BCUT2D eigenvalue weighted by atomic mass is 9.78. The van der Waals surface area contributed by atoms with Crippen LogP contribution >= 0.6 is 0 Å². The Morgan fingerprint density at radius 1 is 1.14 bits per heavy atom. The van der Waals surface area contributed by atoms with Gasteiger partial charge < -0.3 is 10.1 Å². The van der Waals surface area contributed by atoms with Crippen LogP contribution in [-0.4, -0.2) is 24.5 Å². The number of hydrogen-bond donors (Lipinski definition) is 1. The van der Waals surface area contributed by atoms with Gasteiger partial charge in [0.15, 0.2) is 0 Å². The smallest absolute Gasteiger partial charge is 0.269 e. The number of ether oxygens (including phenoxy) is 1. The summed E-state index contributed by atoms with van der Waals surface area (Å²) in [4.78, 5) is 22.5. The van der Waals surface area contributed by atoms with E-state index in [0.717, 1.165) is 37.0 Å². The summed E-state index contributed by atoms with van der Waals surface area (Å²) < 4.78 is 5.24. The van der Waals surface area contributed by atoms with Crippen LogP contribution in [0.3, 0.4) is 0 Å². The van der Waals surface area contributed by atoms with Crippen LogP contribution in [0, 0.1) is 10.1 Å². The molecule has 6 heteroatoms. The second-order valence-electron chi connectivity index (χ2n) is 7.12. The van der Waals surface area contributed by atoms with Crippen LogP contribution in [0.25, 0.3) is 6.08 Å². The SMILES string of the molecule is COc1ccc(C2(CNC(=O)/C=C/c3ccc([N+](=O)[O-])cc3)CCCC2)cc1. The van der Waals surface area contributed by atoms with Crippen molar-refractivity contribution in [2.45, 2.75) is 31.1 Å². The Morgan fingerprint density at radius 3 is 2.36 bits per heavy atom. The van der Waals surface area contributed by atoms with Gasteiger partial charge in [0.25, 0.3) is 5.69 Å². The molecule has 2 aromatic rings. The highest BCUT2D eigenvalue weighted by Crippen LogP contribution is 2.41. The average Bonchev–Trinajstić information content (AvgIpc) is 3.21. The van der Waals surface area contributed by atoms with Crippen molar-refractivity contribution in [1.82, 2.24) is 5.32 Å². The number of benzene rings is 2. The number of hydrogen-bond acceptors (Lipinski definition) is 4. The van der Waals surface area contributed by atoms with E-state index in [1.807, 2.05) is 12.1 Å². The fourth-order valence-corrected chi connectivity index (χ4v) is 3.76. The van der Waals surface area contributed by atoms with Gasteiger partial charge in [-0.05, 0) is 54.3 Å². The largest absolute Gasteiger partial charge is 0.497 e. The third-order valence-corrected chi connectivity index (χ3v) is 5.40. The van der Waals surface area contributed by atoms with E-state index < -0.39 is 4.92 Å². The average molecular weight is 380 g/mol. The van der Waals surface area contributed by atoms with E-state index in [2.05, 4.69) is 17.4 Å². The fraction of sp³-hybridized carbons (Fsp3) is 0.318. The van der Waals surface area contributed by atoms with Crippen LogP contribution in [0.2, 0.25) is 0 Å². The third-order valence-electron chi connectivity index (χ3n) is 5.40. The molecule has 146 valence electrons. The molecule has 0 atom stereocenters. The second kappa shape index (κ2) is 8.69. The van der Waals surface area contributed by atoms with Crippen molar-refractivity contribution in [3.63, 3.8) is 0 Å². The van der Waals surface area contributed by atoms with Gasteiger partial charge in [0, 0.05) is 30.2 Å². The predicted octanol–water partition coefficient (Wildman–Crippen LogP) is 4.24. The molecule has 0 spiro atoms. The number of nitro groups is 1. The molecule has 0 aromatic heterocycles. The quantitative estimate of drug-likeness (QED) is 0.442. The van der Waals surface area contributed by atoms with E-state index >= 15 is 0 Å². The molecule has 0 saturated heterocycles. The number of non-ortho nitro benzene ring substituents is 1. The molecule has 1 N–H and O–H groups in total. The first kappa shape index (κ1) is 19.6. The lowest BCUT2D eigenvalue weighted by Crippen LogP contribution is -2.38. The molecule has 0 radical (unpaired) electrons. The Morgan fingerprint density at radius 2 is 1.79 bits per heavy atom. The molecule has 6 nitrogen and oxygen atoms in total. The highest BCUT2D eigenvalue weighted by Gasteiger charge is 2.35. The summed E-state index contributed by atoms with van der Waals surface area (Å²) in [6.45, 7) is 0.586. The van der Waals surface area contributed by atoms with Crippen molar-refractivity contribution in [2.75, 3.05) is 13.7 Å². The molecule has 0 bridgehead atoms. The van der Waals surface area contributed by atoms with E-state index in [9.17, 15) is 14.9 Å². The van der Waals surface area contributed by atoms with Crippen molar-refractivity contribution in [1.29, 1.82) is 0 Å². The third kappa shape index (κ3) is 4.57. The van der Waals surface area contributed by atoms with Gasteiger partial charge in [0.05, 0.1) is 12.0 Å². The number of carbonyl (C=O) groups is 1. The normalized spacial score (nSPS) is 15.5. The van der Waals surface area contributed by atoms with Crippen LogP contribution in [0.15, 0.2) is 54.6 Å². The molecule has 0 unspecified atom stereocenters. The Kier molecular flexibility index (Phi) is 6.09. The van der Waals surface area contributed by atoms with Gasteiger partial charge in [-0.15, -0.1) is 0 Å². The van der Waals surface area contributed by atoms with E-state index in [1.165, 1.54) is 23.8 Å². The molecule has 1 aliphatic carbocycles. The number of rotatable bonds is 7. The zero-order chi connectivity index (χ0) is 20.0. The maximum absolute atomic E-state index is 12.3. The number of amides is 1. The summed E-state index contributed by atoms with van der Waals surface area (Å²) in [6, 6.07) is 14.2. The van der Waals surface area contributed by atoms with Gasteiger partial charge in [-0.2, -0.15) is 0 Å². The van der Waals surface area contributed by atoms with Crippen molar-refractivity contribution < 1.29 is 14.5 Å². The molecule has 1 fully saturated rings. The fourth-order valence-electron chi connectivity index (χ4n) is 3.76. The maximum atomic E-state index is 12.3. The first-order chi connectivity index (χ1) is 13.5. The second-order valence-corrected chi connectivity index (χ2v) is 7.12. The summed E-state index contributed by atoms with van der Waals surface area (Å²) in [5.41, 5.74) is 1.96. The summed E-state index contributed by atoms with van der Waals surface area (Å²) >= 11 is 0. The van der Waals surface area contributed by atoms with Crippen LogP contribution in [0.1, 0.15) is 36.8 Å². The Hall–Kier alpha value is -3.15. The van der Waals surface area contributed by atoms with Gasteiger partial charge in [0.1, 0.15) is 5.75 Å². The minimum absolute atomic E-state index is 0.0317. The van der Waals surface area contributed by atoms with E-state index in [-0.39, 0.29) is 17.0 Å². The highest BCUT2D eigenvalue weighted by molar-refractivity contribution is 5.91. The standard InChI is InChI=1S/C22H24N2O4/c1-28-20-11-7-18(8-12-20)22(14-2-3-15-22)16-23-21(25)13-6-17-4-9-19(10-5-17)24(26)27/h4-13H,2-3,14-16H2,1H3,(H,23,25)/b13-6+. The lowest BCUT2D eigenvalue weighted by molar-refractivity contribution is -0.384. The molecule has 1 aliphatic rings. The minimum atomic E-state index is -0.444. The number of nitrogens with zero attached hydrogens (tertiary/aromatic N) is 1. The molecular weight excluding hydrogens is 356 g/mol. The summed E-state index contributed by atoms with van der Waals surface area (Å²) in [6.07, 6.45) is 7.53. The van der Waals surface area contributed by atoms with Crippen molar-refractivity contribution in [2.24, 2.45) is 0 Å². The van der Waals surface area contributed by atoms with E-state index in [4.69, 9.17) is 4.74 Å². The zero-order valence-electron chi connectivity index (χ0n) is 15.9. The topological polar surface area (TPSA) is 81.5 Å². The molecular formula is C22H24N2O4. The molecule has 0 aliphatic heterocycles. The van der Waals surface area contributed by atoms with Gasteiger partial charge in [-0.3, -0.25) is 14.9 Å². The van der Waals surface area contributed by atoms with Crippen LogP contribution in [0.4, 0.5) is 5.69 Å². The minimum Gasteiger partial charge on any atom is -0.497 e. The van der Waals surface area contributed by atoms with Crippen LogP contribution < -0.4 is 10.1 Å². The summed E-state index contributed by atoms with van der Waals surface area (Å²) in [5, 5.41) is 13.7. The predicted molar refractivity (Wildman–Crippen MR) is 108 cm³/mol. The Labute approximate surface area is 164 Å². The lowest BCUT2D eigenvalue weighted by Gasteiger charge is -2.30. The van der Waals surface area contributed by atoms with Crippen LogP contribution in [0.5, 0.6) is 5.75 Å². The zero-order valence-corrected chi connectivity index (χ0v) is 15.9. The van der Waals surface area contributed by atoms with Crippen LogP contribution in [-0.2, 0) is 10.2 Å². The van der Waals surface area contributed by atoms with Gasteiger partial charge in [0.2, 0.25) is 5.91 Å². The number of nitrogens with one attached hydrogen (secondary N) is 1. The maximum Gasteiger partial charge on any atom is 0.269 e. The van der Waals surface area contributed by atoms with E-state index in [1.54, 1.807) is 25.3 Å². The summed E-state index contributed by atoms with van der Waals surface area (Å²) in [5.74, 6) is 0.658. The molecule has 1 amide bonds. The Bertz CT molecular complexity index is 851. The number of nitro benzene ring substituents is 1. The monoisotopic (exact) mass is 380 g/mol. The van der Waals surface area contributed by atoms with Gasteiger partial charge in [-0.25, -0.2) is 0 Å². The molecule has 2 aromatic carbocycles. The highest BCUT2D eigenvalue weighted by atomic mass is 16.6. The molecule has 1 saturated carbocycles. The van der Waals surface area contributed by atoms with E-state index in [0.29, 0.717) is 6.54 Å². The molecule has 28 heavy (non-hydrogen) atoms. The number of methoxy groups -OCH3 is 1. The Balaban J connectivity index is 1.63. The molecule has 3 rings (SSSR count). The summed E-state index contributed by atoms with van der Waals surface area (Å²) in [7, 11) is 1.65. The van der Waals surface area contributed by atoms with Gasteiger partial charge >= 0.3 is 0 Å². The number of carbonyl (C=O) groups excluding carboxylic acids is 1. The molecule has 0 heterocycles. The van der Waals surface area contributed by atoms with Gasteiger partial charge in [-0.1, -0.05) is 25.0 Å². The first-order valence-electron chi connectivity index (χ1n) is 9.37. The van der Waals surface area contributed by atoms with Crippen molar-refractivity contribution >= 4 is 17.7 Å². The first-order valence-corrected chi connectivity index (χ1v) is 9.37.